The Morgan fingerprint density at radius 3 is 1.64 bits per heavy atom. The maximum absolute atomic E-state index is 14.0. The fourth-order valence-corrected chi connectivity index (χ4v) is 5.69. The first-order valence-electron chi connectivity index (χ1n) is 15.0. The van der Waals surface area contributed by atoms with Crippen LogP contribution in [0.2, 0.25) is 0 Å². The third kappa shape index (κ3) is 8.12. The Balaban J connectivity index is 1.41. The van der Waals surface area contributed by atoms with Crippen molar-refractivity contribution in [3.8, 4) is 5.75 Å². The van der Waals surface area contributed by atoms with Crippen LogP contribution in [0.1, 0.15) is 16.7 Å². The van der Waals surface area contributed by atoms with Gasteiger partial charge in [-0.15, -0.1) is 0 Å². The zero-order valence-electron chi connectivity index (χ0n) is 25.3. The molecule has 4 atom stereocenters. The highest BCUT2D eigenvalue weighted by Crippen LogP contribution is 2.21. The minimum atomic E-state index is -1.28. The lowest BCUT2D eigenvalue weighted by Gasteiger charge is -2.25. The number of thiol groups is 1. The van der Waals surface area contributed by atoms with E-state index in [4.69, 9.17) is 5.73 Å². The van der Waals surface area contributed by atoms with Gasteiger partial charge in [-0.3, -0.25) is 14.4 Å². The van der Waals surface area contributed by atoms with Crippen LogP contribution < -0.4 is 21.7 Å². The molecule has 0 saturated carbocycles. The SMILES string of the molecule is NC(Cc1ccc(O)cc1)C(=O)NC(Cc1c[nH]c2ccccc12)C(=O)NC(Cc1c[nH]c2ccccc12)C(=O)NC(CS)C(=O)O. The quantitative estimate of drug-likeness (QED) is 0.0815. The summed E-state index contributed by atoms with van der Waals surface area (Å²) in [5, 5.41) is 28.8. The summed E-state index contributed by atoms with van der Waals surface area (Å²) in [4.78, 5) is 58.9. The number of aromatic nitrogens is 2. The van der Waals surface area contributed by atoms with Gasteiger partial charge in [-0.1, -0.05) is 48.5 Å². The molecule has 2 heterocycles. The number of carbonyl (C=O) groups excluding carboxylic acids is 3. The highest BCUT2D eigenvalue weighted by atomic mass is 32.1. The van der Waals surface area contributed by atoms with Crippen LogP contribution in [0.3, 0.4) is 0 Å². The maximum Gasteiger partial charge on any atom is 0.327 e. The average molecular weight is 657 g/mol. The molecule has 3 aromatic carbocycles. The van der Waals surface area contributed by atoms with Gasteiger partial charge in [0.25, 0.3) is 0 Å². The summed E-state index contributed by atoms with van der Waals surface area (Å²) in [6, 6.07) is 16.6. The van der Waals surface area contributed by atoms with Crippen molar-refractivity contribution in [2.45, 2.75) is 43.4 Å². The summed E-state index contributed by atoms with van der Waals surface area (Å²) < 4.78 is 0. The Kier molecular flexibility index (Phi) is 10.5. The molecule has 5 rings (SSSR count). The molecule has 12 nitrogen and oxygen atoms in total. The second-order valence-electron chi connectivity index (χ2n) is 11.3. The minimum Gasteiger partial charge on any atom is -0.508 e. The number of aromatic amines is 2. The molecule has 0 bridgehead atoms. The van der Waals surface area contributed by atoms with Crippen molar-refractivity contribution >= 4 is 58.1 Å². The lowest BCUT2D eigenvalue weighted by atomic mass is 10.0. The first-order chi connectivity index (χ1) is 22.6. The van der Waals surface area contributed by atoms with Crippen LogP contribution in [0.4, 0.5) is 0 Å². The van der Waals surface area contributed by atoms with Gasteiger partial charge in [0.05, 0.1) is 6.04 Å². The summed E-state index contributed by atoms with van der Waals surface area (Å²) in [5.41, 5.74) is 10.1. The van der Waals surface area contributed by atoms with E-state index in [0.29, 0.717) is 0 Å². The third-order valence-electron chi connectivity index (χ3n) is 7.99. The number of hydrogen-bond acceptors (Lipinski definition) is 7. The molecule has 0 aliphatic rings. The predicted molar refractivity (Wildman–Crippen MR) is 181 cm³/mol. The second kappa shape index (κ2) is 14.9. The van der Waals surface area contributed by atoms with Crippen LogP contribution in [-0.2, 0) is 38.4 Å². The molecule has 5 aromatic rings. The molecular weight excluding hydrogens is 620 g/mol. The number of fused-ring (bicyclic) bond motifs is 2. The standard InChI is InChI=1S/C34H36N6O6S/c35-25(13-19-9-11-22(41)12-10-19)31(42)38-28(14-20-16-36-26-7-3-1-5-23(20)26)32(43)39-29(33(44)40-30(18-47)34(45)46)15-21-17-37-27-8-4-2-6-24(21)27/h1-12,16-17,25,28-30,36-37,41,47H,13-15,18,35H2,(H,38,42)(H,39,43)(H,40,44)(H,45,46). The van der Waals surface area contributed by atoms with Crippen LogP contribution in [0.25, 0.3) is 21.8 Å². The van der Waals surface area contributed by atoms with E-state index in [-0.39, 0.29) is 30.8 Å². The number of aliphatic carboxylic acids is 1. The number of phenols is 1. The lowest BCUT2D eigenvalue weighted by Crippen LogP contribution is -2.58. The molecule has 0 aliphatic heterocycles. The molecule has 0 spiro atoms. The number of nitrogens with one attached hydrogen (secondary N) is 5. The Labute approximate surface area is 275 Å². The number of H-pyrrole nitrogens is 2. The maximum atomic E-state index is 14.0. The Morgan fingerprint density at radius 1 is 0.681 bits per heavy atom. The Bertz CT molecular complexity index is 1890. The number of benzene rings is 3. The van der Waals surface area contributed by atoms with Gasteiger partial charge in [0, 0.05) is 52.8 Å². The molecule has 9 N–H and O–H groups in total. The Morgan fingerprint density at radius 2 is 1.15 bits per heavy atom. The van der Waals surface area contributed by atoms with Crippen molar-refractivity contribution in [2.24, 2.45) is 5.73 Å². The number of para-hydroxylation sites is 2. The molecule has 3 amide bonds. The zero-order chi connectivity index (χ0) is 33.5. The summed E-state index contributed by atoms with van der Waals surface area (Å²) in [5.74, 6) is -3.30. The first-order valence-corrected chi connectivity index (χ1v) is 15.6. The van der Waals surface area contributed by atoms with E-state index in [2.05, 4.69) is 38.5 Å². The van der Waals surface area contributed by atoms with Crippen LogP contribution in [0.5, 0.6) is 5.75 Å². The van der Waals surface area contributed by atoms with E-state index < -0.39 is 47.9 Å². The molecule has 47 heavy (non-hydrogen) atoms. The topological polar surface area (TPSA) is 202 Å². The number of hydrogen-bond donors (Lipinski definition) is 9. The second-order valence-corrected chi connectivity index (χ2v) is 11.7. The van der Waals surface area contributed by atoms with E-state index in [1.54, 1.807) is 24.5 Å². The number of nitrogens with two attached hydrogens (primary N) is 1. The van der Waals surface area contributed by atoms with Crippen LogP contribution in [0.15, 0.2) is 85.2 Å². The lowest BCUT2D eigenvalue weighted by molar-refractivity contribution is -0.141. The van der Waals surface area contributed by atoms with Crippen molar-refractivity contribution < 1.29 is 29.4 Å². The number of aromatic hydroxyl groups is 1. The van der Waals surface area contributed by atoms with Gasteiger partial charge in [-0.2, -0.15) is 12.6 Å². The van der Waals surface area contributed by atoms with E-state index in [0.717, 1.165) is 38.5 Å². The van der Waals surface area contributed by atoms with E-state index >= 15 is 0 Å². The molecule has 0 radical (unpaired) electrons. The zero-order valence-corrected chi connectivity index (χ0v) is 26.2. The third-order valence-corrected chi connectivity index (χ3v) is 8.35. The monoisotopic (exact) mass is 656 g/mol. The van der Waals surface area contributed by atoms with Gasteiger partial charge in [0.2, 0.25) is 17.7 Å². The molecule has 0 fully saturated rings. The van der Waals surface area contributed by atoms with Gasteiger partial charge >= 0.3 is 5.97 Å². The van der Waals surface area contributed by atoms with E-state index in [1.807, 2.05) is 48.5 Å². The number of phenolic OH excluding ortho intramolecular Hbond substituents is 1. The summed E-state index contributed by atoms with van der Waals surface area (Å²) in [6.45, 7) is 0. The van der Waals surface area contributed by atoms with Gasteiger partial charge in [0.1, 0.15) is 23.9 Å². The largest absolute Gasteiger partial charge is 0.508 e. The fourth-order valence-electron chi connectivity index (χ4n) is 5.45. The average Bonchev–Trinajstić information content (AvgIpc) is 3.67. The fraction of sp³-hybridized carbons (Fsp3) is 0.235. The van der Waals surface area contributed by atoms with Crippen molar-refractivity contribution in [1.82, 2.24) is 25.9 Å². The van der Waals surface area contributed by atoms with Gasteiger partial charge in [-0.25, -0.2) is 4.79 Å². The van der Waals surface area contributed by atoms with Crippen molar-refractivity contribution in [2.75, 3.05) is 5.75 Å². The van der Waals surface area contributed by atoms with Crippen LogP contribution >= 0.6 is 12.6 Å². The molecule has 2 aromatic heterocycles. The summed E-state index contributed by atoms with van der Waals surface area (Å²) in [6.07, 6.45) is 3.75. The predicted octanol–water partition coefficient (Wildman–Crippen LogP) is 2.18. The molecule has 4 unspecified atom stereocenters. The number of carboxylic acid groups (broad SMARTS) is 1. The molecule has 244 valence electrons. The minimum absolute atomic E-state index is 0.0363. The highest BCUT2D eigenvalue weighted by molar-refractivity contribution is 7.80. The number of rotatable bonds is 14. The molecular formula is C34H36N6O6S. The molecule has 0 saturated heterocycles. The number of amides is 3. The normalized spacial score (nSPS) is 13.8. The summed E-state index contributed by atoms with van der Waals surface area (Å²) in [7, 11) is 0. The van der Waals surface area contributed by atoms with E-state index in [1.165, 1.54) is 12.1 Å². The smallest absolute Gasteiger partial charge is 0.327 e. The molecule has 13 heteroatoms. The van der Waals surface area contributed by atoms with Crippen molar-refractivity contribution in [3.63, 3.8) is 0 Å². The number of carboxylic acids is 1. The summed E-state index contributed by atoms with van der Waals surface area (Å²) >= 11 is 4.05. The number of carbonyl (C=O) groups is 4. The van der Waals surface area contributed by atoms with Crippen LogP contribution in [-0.4, -0.2) is 73.8 Å². The van der Waals surface area contributed by atoms with Crippen molar-refractivity contribution in [1.29, 1.82) is 0 Å². The van der Waals surface area contributed by atoms with Crippen LogP contribution in [0, 0.1) is 0 Å². The molecule has 0 aliphatic carbocycles. The highest BCUT2D eigenvalue weighted by Gasteiger charge is 2.31. The van der Waals surface area contributed by atoms with Gasteiger partial charge in [-0.05, 0) is 47.4 Å². The first kappa shape index (κ1) is 33.1. The van der Waals surface area contributed by atoms with Gasteiger partial charge < -0.3 is 41.9 Å². The van der Waals surface area contributed by atoms with Gasteiger partial charge in [0.15, 0.2) is 0 Å². The Hall–Kier alpha value is -5.27. The van der Waals surface area contributed by atoms with Crippen molar-refractivity contribution in [3.05, 3.63) is 102 Å². The van der Waals surface area contributed by atoms with E-state index in [9.17, 15) is 29.4 Å².